The maximum absolute atomic E-state index is 12.4. The van der Waals surface area contributed by atoms with Gasteiger partial charge in [-0.1, -0.05) is 0 Å². The number of hydrogen-bond donors (Lipinski definition) is 2. The van der Waals surface area contributed by atoms with E-state index in [1.807, 2.05) is 0 Å². The lowest BCUT2D eigenvalue weighted by Crippen LogP contribution is -2.55. The minimum atomic E-state index is -3.76. The third-order valence-corrected chi connectivity index (χ3v) is 4.63. The van der Waals surface area contributed by atoms with Crippen molar-refractivity contribution in [2.24, 2.45) is 0 Å². The number of carbonyl (C=O) groups is 1. The first-order valence-electron chi connectivity index (χ1n) is 5.94. The first-order chi connectivity index (χ1) is 9.07. The van der Waals surface area contributed by atoms with Gasteiger partial charge in [0.15, 0.2) is 5.03 Å². The van der Waals surface area contributed by atoms with Crippen LogP contribution >= 0.6 is 0 Å². The molecule has 1 aromatic rings. The first-order valence-corrected chi connectivity index (χ1v) is 7.38. The number of ether oxygens (including phenoxy) is 1. The Labute approximate surface area is 111 Å². The van der Waals surface area contributed by atoms with Gasteiger partial charge in [-0.3, -0.25) is 9.89 Å². The fourth-order valence-electron chi connectivity index (χ4n) is 1.89. The van der Waals surface area contributed by atoms with Crippen molar-refractivity contribution < 1.29 is 17.9 Å². The van der Waals surface area contributed by atoms with Gasteiger partial charge in [0.2, 0.25) is 5.91 Å². The Morgan fingerprint density at radius 2 is 2.47 bits per heavy atom. The van der Waals surface area contributed by atoms with Crippen LogP contribution in [0.4, 0.5) is 0 Å². The maximum Gasteiger partial charge on any atom is 0.260 e. The molecule has 9 heteroatoms. The van der Waals surface area contributed by atoms with Crippen molar-refractivity contribution in [3.8, 4) is 0 Å². The third-order valence-electron chi connectivity index (χ3n) is 2.79. The summed E-state index contributed by atoms with van der Waals surface area (Å²) in [6.45, 7) is 2.67. The largest absolute Gasteiger partial charge is 0.378 e. The van der Waals surface area contributed by atoms with Crippen LogP contribution in [-0.4, -0.2) is 61.2 Å². The molecule has 0 aromatic carbocycles. The van der Waals surface area contributed by atoms with Crippen LogP contribution in [-0.2, 0) is 19.6 Å². The Morgan fingerprint density at radius 3 is 3.11 bits per heavy atom. The van der Waals surface area contributed by atoms with Gasteiger partial charge in [-0.2, -0.15) is 9.40 Å². The number of rotatable bonds is 4. The van der Waals surface area contributed by atoms with Crippen molar-refractivity contribution >= 4 is 15.9 Å². The zero-order valence-electron chi connectivity index (χ0n) is 10.5. The number of sulfonamides is 1. The molecular weight excluding hydrogens is 272 g/mol. The van der Waals surface area contributed by atoms with E-state index >= 15 is 0 Å². The predicted molar refractivity (Wildman–Crippen MR) is 65.8 cm³/mol. The van der Waals surface area contributed by atoms with E-state index in [1.165, 1.54) is 12.3 Å². The van der Waals surface area contributed by atoms with Crippen molar-refractivity contribution in [2.45, 2.75) is 18.0 Å². The second-order valence-electron chi connectivity index (χ2n) is 4.02. The van der Waals surface area contributed by atoms with Crippen LogP contribution < -0.4 is 5.32 Å². The molecule has 1 unspecified atom stereocenters. The highest BCUT2D eigenvalue weighted by atomic mass is 32.2. The highest BCUT2D eigenvalue weighted by molar-refractivity contribution is 7.89. The molecule has 106 valence electrons. The number of nitrogens with one attached hydrogen (secondary N) is 2. The summed E-state index contributed by atoms with van der Waals surface area (Å²) in [5.41, 5.74) is 0. The Kier molecular flexibility index (Phi) is 4.17. The van der Waals surface area contributed by atoms with Gasteiger partial charge in [0.1, 0.15) is 6.04 Å². The van der Waals surface area contributed by atoms with E-state index in [4.69, 9.17) is 4.74 Å². The average molecular weight is 288 g/mol. The monoisotopic (exact) mass is 288 g/mol. The van der Waals surface area contributed by atoms with Gasteiger partial charge in [-0.05, 0) is 13.0 Å². The molecular formula is C10H16N4O4S. The molecule has 1 amide bonds. The van der Waals surface area contributed by atoms with E-state index in [9.17, 15) is 13.2 Å². The molecule has 0 bridgehead atoms. The number of likely N-dealkylation sites (N-methyl/N-ethyl adjacent to an activating group) is 1. The summed E-state index contributed by atoms with van der Waals surface area (Å²) in [7, 11) is -3.76. The van der Waals surface area contributed by atoms with Gasteiger partial charge in [-0.15, -0.1) is 0 Å². The highest BCUT2D eigenvalue weighted by Gasteiger charge is 2.38. The topological polar surface area (TPSA) is 104 Å². The van der Waals surface area contributed by atoms with Crippen molar-refractivity contribution in [1.82, 2.24) is 19.8 Å². The zero-order valence-corrected chi connectivity index (χ0v) is 11.3. The number of aromatic nitrogens is 2. The molecule has 0 spiro atoms. The standard InChI is InChI=1S/C10H16N4O4S/c1-2-11-10(15)8-7-18-6-5-14(8)19(16,17)9-3-4-12-13-9/h3-4,8H,2,5-7H2,1H3,(H,11,15)(H,12,13). The molecule has 2 rings (SSSR count). The van der Waals surface area contributed by atoms with Crippen molar-refractivity contribution in [2.75, 3.05) is 26.3 Å². The third kappa shape index (κ3) is 2.77. The van der Waals surface area contributed by atoms with Crippen LogP contribution in [0.15, 0.2) is 17.3 Å². The minimum Gasteiger partial charge on any atom is -0.378 e. The van der Waals surface area contributed by atoms with Crippen molar-refractivity contribution in [1.29, 1.82) is 0 Å². The first kappa shape index (κ1) is 14.0. The molecule has 1 aliphatic heterocycles. The van der Waals surface area contributed by atoms with Crippen LogP contribution in [0.3, 0.4) is 0 Å². The van der Waals surface area contributed by atoms with Gasteiger partial charge in [0.05, 0.1) is 19.4 Å². The number of carbonyl (C=O) groups excluding carboxylic acids is 1. The molecule has 2 heterocycles. The van der Waals surface area contributed by atoms with Crippen LogP contribution in [0.25, 0.3) is 0 Å². The molecule has 1 fully saturated rings. The highest BCUT2D eigenvalue weighted by Crippen LogP contribution is 2.18. The van der Waals surface area contributed by atoms with Gasteiger partial charge < -0.3 is 10.1 Å². The summed E-state index contributed by atoms with van der Waals surface area (Å²) in [4.78, 5) is 11.9. The number of amides is 1. The number of H-pyrrole nitrogens is 1. The molecule has 19 heavy (non-hydrogen) atoms. The zero-order chi connectivity index (χ0) is 13.9. The normalized spacial score (nSPS) is 21.2. The minimum absolute atomic E-state index is 0.0244. The quantitative estimate of drug-likeness (QED) is 0.734. The van der Waals surface area contributed by atoms with E-state index in [2.05, 4.69) is 15.5 Å². The smallest absolute Gasteiger partial charge is 0.260 e. The summed E-state index contributed by atoms with van der Waals surface area (Å²) >= 11 is 0. The number of hydrogen-bond acceptors (Lipinski definition) is 5. The van der Waals surface area contributed by atoms with Crippen LogP contribution in [0.5, 0.6) is 0 Å². The van der Waals surface area contributed by atoms with Gasteiger partial charge in [-0.25, -0.2) is 8.42 Å². The average Bonchev–Trinajstić information content (AvgIpc) is 2.93. The lowest BCUT2D eigenvalue weighted by molar-refractivity contribution is -0.129. The van der Waals surface area contributed by atoms with E-state index in [-0.39, 0.29) is 30.7 Å². The second-order valence-corrected chi connectivity index (χ2v) is 5.88. The van der Waals surface area contributed by atoms with E-state index in [0.29, 0.717) is 6.54 Å². The molecule has 1 aliphatic rings. The second kappa shape index (κ2) is 5.68. The van der Waals surface area contributed by atoms with Crippen LogP contribution in [0.2, 0.25) is 0 Å². The van der Waals surface area contributed by atoms with E-state index in [0.717, 1.165) is 4.31 Å². The number of nitrogens with zero attached hydrogens (tertiary/aromatic N) is 2. The molecule has 2 N–H and O–H groups in total. The molecule has 0 aliphatic carbocycles. The fourth-order valence-corrected chi connectivity index (χ4v) is 3.35. The summed E-state index contributed by atoms with van der Waals surface area (Å²) in [5, 5.41) is 8.63. The van der Waals surface area contributed by atoms with Crippen molar-refractivity contribution in [3.05, 3.63) is 12.3 Å². The van der Waals surface area contributed by atoms with Crippen LogP contribution in [0, 0.1) is 0 Å². The summed E-state index contributed by atoms with van der Waals surface area (Å²) in [6.07, 6.45) is 1.36. The molecule has 1 aromatic heterocycles. The van der Waals surface area contributed by atoms with Crippen molar-refractivity contribution in [3.63, 3.8) is 0 Å². The fraction of sp³-hybridized carbons (Fsp3) is 0.600. The molecule has 1 saturated heterocycles. The Bertz CT molecular complexity index is 528. The Balaban J connectivity index is 2.27. The maximum atomic E-state index is 12.4. The lowest BCUT2D eigenvalue weighted by Gasteiger charge is -2.32. The summed E-state index contributed by atoms with van der Waals surface area (Å²) in [6, 6.07) is 0.515. The lowest BCUT2D eigenvalue weighted by atomic mass is 10.2. The number of morpholine rings is 1. The molecule has 8 nitrogen and oxygen atoms in total. The van der Waals surface area contributed by atoms with Crippen LogP contribution in [0.1, 0.15) is 6.92 Å². The van der Waals surface area contributed by atoms with E-state index in [1.54, 1.807) is 6.92 Å². The Hall–Kier alpha value is -1.45. The Morgan fingerprint density at radius 1 is 1.68 bits per heavy atom. The summed E-state index contributed by atoms with van der Waals surface area (Å²) in [5.74, 6) is -0.356. The summed E-state index contributed by atoms with van der Waals surface area (Å²) < 4.78 is 31.1. The molecule has 0 radical (unpaired) electrons. The molecule has 0 saturated carbocycles. The van der Waals surface area contributed by atoms with Gasteiger partial charge in [0.25, 0.3) is 10.0 Å². The SMILES string of the molecule is CCNC(=O)C1COCCN1S(=O)(=O)c1ccn[nH]1. The van der Waals surface area contributed by atoms with E-state index < -0.39 is 16.1 Å². The van der Waals surface area contributed by atoms with Gasteiger partial charge in [0, 0.05) is 13.1 Å². The molecule has 1 atom stereocenters. The predicted octanol–water partition coefficient (Wildman–Crippen LogP) is -1.06. The number of aromatic amines is 1. The van der Waals surface area contributed by atoms with Gasteiger partial charge >= 0.3 is 0 Å².